The molecule has 3 rings (SSSR count). The Morgan fingerprint density at radius 2 is 2.20 bits per heavy atom. The molecule has 98 valence electrons. The average Bonchev–Trinajstić information content (AvgIpc) is 3.05. The summed E-state index contributed by atoms with van der Waals surface area (Å²) in [6.45, 7) is 1.86. The Hall–Kier alpha value is -2.03. The van der Waals surface area contributed by atoms with Crippen LogP contribution in [0.15, 0.2) is 35.7 Å². The van der Waals surface area contributed by atoms with Crippen LogP contribution in [-0.2, 0) is 0 Å². The molecule has 0 aliphatic carbocycles. The molecule has 0 aliphatic rings. The molecule has 5 heteroatoms. The number of fused-ring (bicyclic) bond motifs is 1. The van der Waals surface area contributed by atoms with Crippen LogP contribution in [0.2, 0.25) is 0 Å². The number of thiazole rings is 1. The van der Waals surface area contributed by atoms with Crippen LogP contribution < -0.4 is 0 Å². The predicted octanol–water partition coefficient (Wildman–Crippen LogP) is 4.16. The third kappa shape index (κ3) is 2.24. The summed E-state index contributed by atoms with van der Waals surface area (Å²) in [7, 11) is 0. The Bertz CT molecular complexity index is 793. The van der Waals surface area contributed by atoms with Crippen molar-refractivity contribution < 1.29 is 4.79 Å². The fourth-order valence-corrected chi connectivity index (χ4v) is 3.85. The summed E-state index contributed by atoms with van der Waals surface area (Å²) >= 11 is 2.79. The predicted molar refractivity (Wildman–Crippen MR) is 81.4 cm³/mol. The molecule has 0 bridgehead atoms. The highest BCUT2D eigenvalue weighted by atomic mass is 32.1. The summed E-state index contributed by atoms with van der Waals surface area (Å²) in [6.07, 6.45) is 0. The molecule has 0 fully saturated rings. The molecule has 0 saturated heterocycles. The summed E-state index contributed by atoms with van der Waals surface area (Å²) in [5, 5.41) is 12.8. The van der Waals surface area contributed by atoms with E-state index in [9.17, 15) is 10.1 Å². The molecule has 0 aliphatic heterocycles. The lowest BCUT2D eigenvalue weighted by atomic mass is 10.1. The minimum absolute atomic E-state index is 0.164. The molecule has 0 N–H and O–H groups in total. The van der Waals surface area contributed by atoms with Gasteiger partial charge in [-0.2, -0.15) is 5.26 Å². The van der Waals surface area contributed by atoms with E-state index < -0.39 is 5.92 Å². The van der Waals surface area contributed by atoms with Crippen molar-refractivity contribution in [3.8, 4) is 6.07 Å². The molecule has 1 atom stereocenters. The second-order valence-electron chi connectivity index (χ2n) is 4.40. The van der Waals surface area contributed by atoms with Gasteiger partial charge in [-0.15, -0.1) is 22.7 Å². The second kappa shape index (κ2) is 5.16. The van der Waals surface area contributed by atoms with E-state index in [1.54, 1.807) is 0 Å². The van der Waals surface area contributed by atoms with Crippen LogP contribution in [0, 0.1) is 18.3 Å². The number of thiophene rings is 1. The maximum atomic E-state index is 12.5. The Labute approximate surface area is 124 Å². The summed E-state index contributed by atoms with van der Waals surface area (Å²) in [4.78, 5) is 17.4. The van der Waals surface area contributed by atoms with E-state index in [1.165, 1.54) is 22.7 Å². The van der Waals surface area contributed by atoms with Crippen molar-refractivity contribution in [3.63, 3.8) is 0 Å². The van der Waals surface area contributed by atoms with Crippen molar-refractivity contribution in [2.75, 3.05) is 0 Å². The van der Waals surface area contributed by atoms with Gasteiger partial charge in [-0.25, -0.2) is 4.98 Å². The smallest absolute Gasteiger partial charge is 0.196 e. The van der Waals surface area contributed by atoms with Crippen molar-refractivity contribution >= 4 is 38.5 Å². The maximum Gasteiger partial charge on any atom is 0.196 e. The lowest BCUT2D eigenvalue weighted by Gasteiger charge is -2.01. The molecule has 0 radical (unpaired) electrons. The van der Waals surface area contributed by atoms with E-state index >= 15 is 0 Å². The van der Waals surface area contributed by atoms with Crippen LogP contribution >= 0.6 is 22.7 Å². The lowest BCUT2D eigenvalue weighted by Crippen LogP contribution is -2.09. The summed E-state index contributed by atoms with van der Waals surface area (Å²) in [6, 6.07) is 11.8. The van der Waals surface area contributed by atoms with Gasteiger partial charge in [0.25, 0.3) is 0 Å². The first-order valence-electron chi connectivity index (χ1n) is 6.03. The molecule has 20 heavy (non-hydrogen) atoms. The minimum Gasteiger partial charge on any atom is -0.291 e. The van der Waals surface area contributed by atoms with E-state index in [0.29, 0.717) is 9.88 Å². The lowest BCUT2D eigenvalue weighted by molar-refractivity contribution is 0.0983. The van der Waals surface area contributed by atoms with Crippen molar-refractivity contribution in [3.05, 3.63) is 51.3 Å². The molecule has 0 amide bonds. The maximum absolute atomic E-state index is 12.5. The summed E-state index contributed by atoms with van der Waals surface area (Å²) in [5.74, 6) is -0.968. The normalized spacial score (nSPS) is 12.2. The van der Waals surface area contributed by atoms with Gasteiger partial charge in [-0.3, -0.25) is 4.79 Å². The number of carbonyl (C=O) groups excluding carboxylic acids is 1. The molecule has 3 nitrogen and oxygen atoms in total. The molecule has 0 saturated carbocycles. The van der Waals surface area contributed by atoms with Crippen LogP contribution in [0.1, 0.15) is 26.3 Å². The van der Waals surface area contributed by atoms with Crippen LogP contribution in [0.4, 0.5) is 0 Å². The fraction of sp³-hybridized carbons (Fsp3) is 0.133. The molecular formula is C15H10N2OS2. The van der Waals surface area contributed by atoms with Crippen molar-refractivity contribution in [2.24, 2.45) is 0 Å². The van der Waals surface area contributed by atoms with Gasteiger partial charge in [-0.1, -0.05) is 18.2 Å². The zero-order valence-corrected chi connectivity index (χ0v) is 12.3. The largest absolute Gasteiger partial charge is 0.291 e. The standard InChI is InChI=1S/C15H10N2OS2/c1-9-8-19-15(17-9)11(7-16)14(18)13-6-10-4-2-3-5-12(10)20-13/h2-6,8,11H,1H3/t11-/m1/s1. The number of hydrogen-bond acceptors (Lipinski definition) is 5. The van der Waals surface area contributed by atoms with E-state index in [1.807, 2.05) is 42.6 Å². The van der Waals surface area contributed by atoms with Crippen LogP contribution in [0.25, 0.3) is 10.1 Å². The minimum atomic E-state index is -0.804. The highest BCUT2D eigenvalue weighted by molar-refractivity contribution is 7.21. The summed E-state index contributed by atoms with van der Waals surface area (Å²) in [5.41, 5.74) is 0.842. The van der Waals surface area contributed by atoms with Crippen LogP contribution in [-0.4, -0.2) is 10.8 Å². The number of rotatable bonds is 3. The van der Waals surface area contributed by atoms with Gasteiger partial charge in [-0.05, 0) is 24.4 Å². The third-order valence-corrected chi connectivity index (χ3v) is 5.10. The molecule has 3 aromatic rings. The zero-order chi connectivity index (χ0) is 14.1. The van der Waals surface area contributed by atoms with E-state index in [-0.39, 0.29) is 5.78 Å². The van der Waals surface area contributed by atoms with Gasteiger partial charge in [0.1, 0.15) is 5.01 Å². The fourth-order valence-electron chi connectivity index (χ4n) is 1.98. The van der Waals surface area contributed by atoms with Gasteiger partial charge in [0.05, 0.1) is 10.9 Å². The molecule has 2 heterocycles. The van der Waals surface area contributed by atoms with Crippen molar-refractivity contribution in [1.82, 2.24) is 4.98 Å². The quantitative estimate of drug-likeness (QED) is 0.682. The third-order valence-electron chi connectivity index (χ3n) is 2.94. The van der Waals surface area contributed by atoms with E-state index in [0.717, 1.165) is 15.8 Å². The van der Waals surface area contributed by atoms with Crippen molar-refractivity contribution in [2.45, 2.75) is 12.8 Å². The molecule has 0 unspecified atom stereocenters. The van der Waals surface area contributed by atoms with E-state index in [4.69, 9.17) is 0 Å². The number of aryl methyl sites for hydroxylation is 1. The van der Waals surface area contributed by atoms with Crippen molar-refractivity contribution in [1.29, 1.82) is 5.26 Å². The van der Waals surface area contributed by atoms with Gasteiger partial charge in [0.2, 0.25) is 0 Å². The number of hydrogen-bond donors (Lipinski definition) is 0. The number of aromatic nitrogens is 1. The van der Waals surface area contributed by atoms with Gasteiger partial charge in [0.15, 0.2) is 11.7 Å². The molecular weight excluding hydrogens is 288 g/mol. The van der Waals surface area contributed by atoms with Gasteiger partial charge < -0.3 is 0 Å². The Balaban J connectivity index is 2.00. The molecule has 0 spiro atoms. The SMILES string of the molecule is Cc1csc([C@H](C#N)C(=O)c2cc3ccccc3s2)n1. The highest BCUT2D eigenvalue weighted by Crippen LogP contribution is 2.30. The number of nitrogens with zero attached hydrogens (tertiary/aromatic N) is 2. The first-order chi connectivity index (χ1) is 9.69. The number of nitriles is 1. The first-order valence-corrected chi connectivity index (χ1v) is 7.73. The number of carbonyl (C=O) groups is 1. The number of ketones is 1. The highest BCUT2D eigenvalue weighted by Gasteiger charge is 2.26. The topological polar surface area (TPSA) is 53.8 Å². The zero-order valence-electron chi connectivity index (χ0n) is 10.7. The monoisotopic (exact) mass is 298 g/mol. The Morgan fingerprint density at radius 3 is 2.85 bits per heavy atom. The first kappa shape index (κ1) is 13.0. The number of Topliss-reactive ketones (excluding diaryl/α,β-unsaturated/α-hetero) is 1. The van der Waals surface area contributed by atoms with Gasteiger partial charge >= 0.3 is 0 Å². The molecule has 1 aromatic carbocycles. The number of benzene rings is 1. The second-order valence-corrected chi connectivity index (χ2v) is 6.38. The van der Waals surface area contributed by atoms with Crippen LogP contribution in [0.3, 0.4) is 0 Å². The Morgan fingerprint density at radius 1 is 1.40 bits per heavy atom. The summed E-state index contributed by atoms with van der Waals surface area (Å²) < 4.78 is 1.06. The average molecular weight is 298 g/mol. The van der Waals surface area contributed by atoms with Crippen LogP contribution in [0.5, 0.6) is 0 Å². The van der Waals surface area contributed by atoms with Gasteiger partial charge in [0, 0.05) is 15.8 Å². The van der Waals surface area contributed by atoms with E-state index in [2.05, 4.69) is 11.1 Å². The Kier molecular flexibility index (Phi) is 3.35. The molecule has 2 aromatic heterocycles.